The third-order valence-corrected chi connectivity index (χ3v) is 4.18. The summed E-state index contributed by atoms with van der Waals surface area (Å²) < 4.78 is 0. The van der Waals surface area contributed by atoms with E-state index >= 15 is 0 Å². The van der Waals surface area contributed by atoms with Gasteiger partial charge in [0.25, 0.3) is 5.91 Å². The van der Waals surface area contributed by atoms with Crippen LogP contribution in [0.15, 0.2) is 24.3 Å². The van der Waals surface area contributed by atoms with Gasteiger partial charge in [-0.1, -0.05) is 25.0 Å². The highest BCUT2D eigenvalue weighted by atomic mass is 16.1. The Kier molecular flexibility index (Phi) is 4.97. The van der Waals surface area contributed by atoms with E-state index in [0.717, 1.165) is 18.0 Å². The Bertz CT molecular complexity index is 407. The Labute approximate surface area is 115 Å². The van der Waals surface area contributed by atoms with Crippen LogP contribution in [0.25, 0.3) is 0 Å². The smallest absolute Gasteiger partial charge is 0.251 e. The number of carbonyl (C=O) groups is 1. The van der Waals surface area contributed by atoms with Gasteiger partial charge < -0.3 is 10.6 Å². The van der Waals surface area contributed by atoms with Crippen molar-refractivity contribution in [2.24, 2.45) is 5.92 Å². The molecule has 2 N–H and O–H groups in total. The van der Waals surface area contributed by atoms with Gasteiger partial charge in [0.2, 0.25) is 0 Å². The average molecular weight is 260 g/mol. The summed E-state index contributed by atoms with van der Waals surface area (Å²) in [6, 6.07) is 8.41. The molecule has 104 valence electrons. The van der Waals surface area contributed by atoms with E-state index in [9.17, 15) is 4.79 Å². The number of nitrogens with one attached hydrogen (secondary N) is 2. The molecule has 3 nitrogen and oxygen atoms in total. The van der Waals surface area contributed by atoms with Gasteiger partial charge in [-0.15, -0.1) is 0 Å². The maximum atomic E-state index is 11.4. The van der Waals surface area contributed by atoms with E-state index in [0.29, 0.717) is 6.04 Å². The zero-order chi connectivity index (χ0) is 13.7. The molecule has 1 saturated carbocycles. The zero-order valence-electron chi connectivity index (χ0n) is 11.9. The van der Waals surface area contributed by atoms with Crippen LogP contribution >= 0.6 is 0 Å². The molecule has 0 bridgehead atoms. The van der Waals surface area contributed by atoms with Crippen LogP contribution in [0.4, 0.5) is 0 Å². The minimum atomic E-state index is -0.0289. The summed E-state index contributed by atoms with van der Waals surface area (Å²) in [7, 11) is 1.65. The van der Waals surface area contributed by atoms with Crippen molar-refractivity contribution >= 4 is 5.91 Å². The van der Waals surface area contributed by atoms with Gasteiger partial charge in [-0.3, -0.25) is 4.79 Å². The largest absolute Gasteiger partial charge is 0.355 e. The molecule has 3 heteroatoms. The second-order valence-electron chi connectivity index (χ2n) is 5.49. The number of hydrogen-bond acceptors (Lipinski definition) is 2. The number of rotatable bonds is 5. The minimum Gasteiger partial charge on any atom is -0.355 e. The second-order valence-corrected chi connectivity index (χ2v) is 5.49. The second kappa shape index (κ2) is 6.71. The highest BCUT2D eigenvalue weighted by Gasteiger charge is 2.20. The quantitative estimate of drug-likeness (QED) is 0.854. The molecule has 1 aromatic rings. The van der Waals surface area contributed by atoms with Crippen molar-refractivity contribution in [1.82, 2.24) is 10.6 Å². The summed E-state index contributed by atoms with van der Waals surface area (Å²) in [5.41, 5.74) is 1.95. The van der Waals surface area contributed by atoms with Gasteiger partial charge in [-0.2, -0.15) is 0 Å². The maximum absolute atomic E-state index is 11.4. The lowest BCUT2D eigenvalue weighted by Gasteiger charge is -2.20. The topological polar surface area (TPSA) is 41.1 Å². The van der Waals surface area contributed by atoms with Crippen LogP contribution in [0.1, 0.15) is 48.5 Å². The van der Waals surface area contributed by atoms with Crippen LogP contribution in [0.3, 0.4) is 0 Å². The molecule has 1 amide bonds. The molecular formula is C16H24N2O. The lowest BCUT2D eigenvalue weighted by molar-refractivity contribution is 0.0963. The van der Waals surface area contributed by atoms with Crippen molar-refractivity contribution in [3.05, 3.63) is 35.4 Å². The molecule has 0 unspecified atom stereocenters. The molecule has 1 fully saturated rings. The van der Waals surface area contributed by atoms with Crippen LogP contribution in [-0.4, -0.2) is 19.0 Å². The third-order valence-electron chi connectivity index (χ3n) is 4.18. The van der Waals surface area contributed by atoms with Crippen molar-refractivity contribution in [3.63, 3.8) is 0 Å². The van der Waals surface area contributed by atoms with Crippen LogP contribution in [-0.2, 0) is 6.54 Å². The van der Waals surface area contributed by atoms with Gasteiger partial charge in [0.1, 0.15) is 0 Å². The Hall–Kier alpha value is -1.35. The fourth-order valence-electron chi connectivity index (χ4n) is 2.82. The van der Waals surface area contributed by atoms with Gasteiger partial charge in [-0.05, 0) is 43.4 Å². The summed E-state index contributed by atoms with van der Waals surface area (Å²) in [5.74, 6) is 0.809. The van der Waals surface area contributed by atoms with Gasteiger partial charge in [0.05, 0.1) is 0 Å². The number of hydrogen-bond donors (Lipinski definition) is 2. The Morgan fingerprint density at radius 2 is 1.89 bits per heavy atom. The van der Waals surface area contributed by atoms with E-state index in [4.69, 9.17) is 0 Å². The lowest BCUT2D eigenvalue weighted by atomic mass is 9.99. The molecule has 1 aromatic carbocycles. The van der Waals surface area contributed by atoms with E-state index in [1.54, 1.807) is 7.05 Å². The van der Waals surface area contributed by atoms with E-state index in [1.165, 1.54) is 31.2 Å². The third kappa shape index (κ3) is 3.80. The zero-order valence-corrected chi connectivity index (χ0v) is 11.9. The molecule has 0 saturated heterocycles. The van der Waals surface area contributed by atoms with E-state index in [1.807, 2.05) is 24.3 Å². The standard InChI is InChI=1S/C16H24N2O/c1-12(14-5-3-4-6-14)18-11-13-7-9-15(10-8-13)16(19)17-2/h7-10,12,14,18H,3-6,11H2,1-2H3,(H,17,19)/t12-/m1/s1. The fourth-order valence-corrected chi connectivity index (χ4v) is 2.82. The molecule has 1 atom stereocenters. The number of carbonyl (C=O) groups excluding carboxylic acids is 1. The van der Waals surface area contributed by atoms with Crippen LogP contribution in [0.2, 0.25) is 0 Å². The van der Waals surface area contributed by atoms with E-state index in [-0.39, 0.29) is 5.91 Å². The average Bonchev–Trinajstić information content (AvgIpc) is 2.98. The van der Waals surface area contributed by atoms with Crippen molar-refractivity contribution < 1.29 is 4.79 Å². The molecule has 2 rings (SSSR count). The molecule has 1 aliphatic carbocycles. The maximum Gasteiger partial charge on any atom is 0.251 e. The molecule has 0 radical (unpaired) electrons. The van der Waals surface area contributed by atoms with Gasteiger partial charge >= 0.3 is 0 Å². The first-order chi connectivity index (χ1) is 9.20. The number of benzene rings is 1. The Morgan fingerprint density at radius 1 is 1.26 bits per heavy atom. The summed E-state index contributed by atoms with van der Waals surface area (Å²) >= 11 is 0. The van der Waals surface area contributed by atoms with Gasteiger partial charge in [0, 0.05) is 25.2 Å². The van der Waals surface area contributed by atoms with Crippen LogP contribution < -0.4 is 10.6 Å². The molecule has 1 aliphatic rings. The van der Waals surface area contributed by atoms with Crippen LogP contribution in [0, 0.1) is 5.92 Å². The summed E-state index contributed by atoms with van der Waals surface area (Å²) in [6.07, 6.45) is 5.50. The molecular weight excluding hydrogens is 236 g/mol. The van der Waals surface area contributed by atoms with Crippen LogP contribution in [0.5, 0.6) is 0 Å². The summed E-state index contributed by atoms with van der Waals surface area (Å²) in [6.45, 7) is 3.17. The van der Waals surface area contributed by atoms with Crippen molar-refractivity contribution in [2.75, 3.05) is 7.05 Å². The fraction of sp³-hybridized carbons (Fsp3) is 0.562. The molecule has 19 heavy (non-hydrogen) atoms. The van der Waals surface area contributed by atoms with Gasteiger partial charge in [-0.25, -0.2) is 0 Å². The number of amides is 1. The van der Waals surface area contributed by atoms with Crippen molar-refractivity contribution in [3.8, 4) is 0 Å². The Balaban J connectivity index is 1.84. The normalized spacial score (nSPS) is 17.4. The highest BCUT2D eigenvalue weighted by Crippen LogP contribution is 2.27. The molecule has 0 spiro atoms. The summed E-state index contributed by atoms with van der Waals surface area (Å²) in [4.78, 5) is 11.4. The molecule has 0 aromatic heterocycles. The molecule has 0 heterocycles. The monoisotopic (exact) mass is 260 g/mol. The van der Waals surface area contributed by atoms with Gasteiger partial charge in [0.15, 0.2) is 0 Å². The SMILES string of the molecule is CNC(=O)c1ccc(CN[C@H](C)C2CCCC2)cc1. The minimum absolute atomic E-state index is 0.0289. The first-order valence-corrected chi connectivity index (χ1v) is 7.25. The predicted molar refractivity (Wildman–Crippen MR) is 78.1 cm³/mol. The van der Waals surface area contributed by atoms with Crippen molar-refractivity contribution in [2.45, 2.75) is 45.2 Å². The Morgan fingerprint density at radius 3 is 2.47 bits per heavy atom. The van der Waals surface area contributed by atoms with E-state index < -0.39 is 0 Å². The van der Waals surface area contributed by atoms with Crippen molar-refractivity contribution in [1.29, 1.82) is 0 Å². The highest BCUT2D eigenvalue weighted by molar-refractivity contribution is 5.93. The first kappa shape index (κ1) is 14.1. The summed E-state index contributed by atoms with van der Waals surface area (Å²) in [5, 5.41) is 6.24. The predicted octanol–water partition coefficient (Wildman–Crippen LogP) is 2.71. The van der Waals surface area contributed by atoms with E-state index in [2.05, 4.69) is 17.6 Å². The molecule has 0 aliphatic heterocycles. The first-order valence-electron chi connectivity index (χ1n) is 7.25. The lowest BCUT2D eigenvalue weighted by Crippen LogP contribution is -2.31.